The van der Waals surface area contributed by atoms with Crippen molar-refractivity contribution in [1.82, 2.24) is 0 Å². The first-order valence-corrected chi connectivity index (χ1v) is 17.0. The fourth-order valence-corrected chi connectivity index (χ4v) is 7.04. The van der Waals surface area contributed by atoms with Gasteiger partial charge in [0.1, 0.15) is 11.2 Å². The number of benzene rings is 8. The molecule has 0 fully saturated rings. The van der Waals surface area contributed by atoms with Gasteiger partial charge in [-0.3, -0.25) is 0 Å². The van der Waals surface area contributed by atoms with E-state index in [1.807, 2.05) is 12.1 Å². The Morgan fingerprint density at radius 2 is 0.760 bits per heavy atom. The van der Waals surface area contributed by atoms with E-state index in [0.717, 1.165) is 72.4 Å². The molecule has 0 aliphatic carbocycles. The molecule has 0 radical (unpaired) electrons. The number of fused-ring (bicyclic) bond motifs is 3. The maximum absolute atomic E-state index is 6.36. The maximum atomic E-state index is 6.36. The summed E-state index contributed by atoms with van der Waals surface area (Å²) in [5, 5.41) is 2.26. The van der Waals surface area contributed by atoms with E-state index >= 15 is 0 Å². The van der Waals surface area contributed by atoms with E-state index in [1.54, 1.807) is 0 Å². The molecule has 1 aromatic heterocycles. The van der Waals surface area contributed by atoms with Crippen molar-refractivity contribution >= 4 is 39.0 Å². The van der Waals surface area contributed by atoms with Crippen molar-refractivity contribution in [2.75, 3.05) is 4.90 Å². The highest BCUT2D eigenvalue weighted by Gasteiger charge is 2.23. The van der Waals surface area contributed by atoms with Gasteiger partial charge in [-0.15, -0.1) is 0 Å². The number of hydrogen-bond donors (Lipinski definition) is 0. The molecule has 50 heavy (non-hydrogen) atoms. The van der Waals surface area contributed by atoms with E-state index in [9.17, 15) is 0 Å². The highest BCUT2D eigenvalue weighted by molar-refractivity contribution is 6.06. The zero-order valence-electron chi connectivity index (χ0n) is 27.4. The predicted molar refractivity (Wildman–Crippen MR) is 210 cm³/mol. The number of para-hydroxylation sites is 2. The van der Waals surface area contributed by atoms with Crippen LogP contribution in [0.4, 0.5) is 17.1 Å². The second-order valence-electron chi connectivity index (χ2n) is 12.5. The Labute approximate surface area is 292 Å². The smallest absolute Gasteiger partial charge is 0.136 e. The number of furan rings is 1. The van der Waals surface area contributed by atoms with Crippen molar-refractivity contribution in [1.29, 1.82) is 0 Å². The Balaban J connectivity index is 1.31. The van der Waals surface area contributed by atoms with Gasteiger partial charge in [-0.2, -0.15) is 0 Å². The second kappa shape index (κ2) is 12.8. The van der Waals surface area contributed by atoms with Crippen LogP contribution < -0.4 is 4.90 Å². The Hall–Kier alpha value is -6.64. The molecule has 0 atom stereocenters. The van der Waals surface area contributed by atoms with Crippen LogP contribution in [-0.2, 0) is 0 Å². The lowest BCUT2D eigenvalue weighted by atomic mass is 9.89. The van der Waals surface area contributed by atoms with E-state index in [0.29, 0.717) is 0 Å². The van der Waals surface area contributed by atoms with Crippen LogP contribution in [0.5, 0.6) is 0 Å². The van der Waals surface area contributed by atoms with Crippen LogP contribution in [0.15, 0.2) is 205 Å². The first kappa shape index (κ1) is 29.5. The minimum atomic E-state index is 0.889. The molecule has 0 saturated carbocycles. The molecule has 1 heterocycles. The van der Waals surface area contributed by atoms with Crippen molar-refractivity contribution in [3.63, 3.8) is 0 Å². The third-order valence-corrected chi connectivity index (χ3v) is 9.46. The Kier molecular flexibility index (Phi) is 7.53. The molecule has 0 saturated heterocycles. The predicted octanol–water partition coefficient (Wildman–Crippen LogP) is 13.7. The van der Waals surface area contributed by atoms with Crippen LogP contribution in [0.1, 0.15) is 0 Å². The molecule has 0 aliphatic rings. The molecule has 0 aliphatic heterocycles. The van der Waals surface area contributed by atoms with Crippen molar-refractivity contribution in [3.8, 4) is 44.5 Å². The average molecular weight is 640 g/mol. The van der Waals surface area contributed by atoms with Gasteiger partial charge >= 0.3 is 0 Å². The zero-order valence-corrected chi connectivity index (χ0v) is 27.4. The fourth-order valence-electron chi connectivity index (χ4n) is 7.04. The number of rotatable bonds is 7. The minimum absolute atomic E-state index is 0.889. The summed E-state index contributed by atoms with van der Waals surface area (Å²) in [5.41, 5.74) is 14.3. The molecule has 0 N–H and O–H groups in total. The summed E-state index contributed by atoms with van der Waals surface area (Å²) in [4.78, 5) is 2.41. The summed E-state index contributed by atoms with van der Waals surface area (Å²) < 4.78 is 6.36. The Morgan fingerprint density at radius 3 is 1.38 bits per heavy atom. The molecule has 0 unspecified atom stereocenters. The van der Waals surface area contributed by atoms with E-state index in [1.165, 1.54) is 11.1 Å². The molecule has 9 aromatic rings. The largest absolute Gasteiger partial charge is 0.456 e. The first-order chi connectivity index (χ1) is 24.8. The first-order valence-electron chi connectivity index (χ1n) is 17.0. The Morgan fingerprint density at radius 1 is 0.300 bits per heavy atom. The lowest BCUT2D eigenvalue weighted by Gasteiger charge is -2.31. The van der Waals surface area contributed by atoms with Crippen molar-refractivity contribution in [3.05, 3.63) is 200 Å². The van der Waals surface area contributed by atoms with Gasteiger partial charge in [0.15, 0.2) is 0 Å². The lowest BCUT2D eigenvalue weighted by molar-refractivity contribution is 0.669. The molecule has 0 bridgehead atoms. The highest BCUT2D eigenvalue weighted by atomic mass is 16.3. The van der Waals surface area contributed by atoms with Gasteiger partial charge < -0.3 is 9.32 Å². The van der Waals surface area contributed by atoms with Crippen LogP contribution >= 0.6 is 0 Å². The van der Waals surface area contributed by atoms with Crippen LogP contribution in [0.3, 0.4) is 0 Å². The molecule has 2 heteroatoms. The SMILES string of the molecule is c1ccc(-c2ccc(N(c3ccccc3)c3c(-c4ccccc4)cc(-c4ccc5c(c4)oc4ccccc45)cc3-c3ccccc3)cc2)cc1. The van der Waals surface area contributed by atoms with Gasteiger partial charge in [0.05, 0.1) is 5.69 Å². The third kappa shape index (κ3) is 5.43. The summed E-state index contributed by atoms with van der Waals surface area (Å²) in [5.74, 6) is 0. The summed E-state index contributed by atoms with van der Waals surface area (Å²) >= 11 is 0. The molecule has 8 aromatic carbocycles. The zero-order chi connectivity index (χ0) is 33.3. The Bertz CT molecular complexity index is 2490. The summed E-state index contributed by atoms with van der Waals surface area (Å²) in [7, 11) is 0. The average Bonchev–Trinajstić information content (AvgIpc) is 3.58. The van der Waals surface area contributed by atoms with Gasteiger partial charge in [0.25, 0.3) is 0 Å². The van der Waals surface area contributed by atoms with E-state index in [4.69, 9.17) is 4.42 Å². The van der Waals surface area contributed by atoms with Gasteiger partial charge in [0.2, 0.25) is 0 Å². The summed E-state index contributed by atoms with van der Waals surface area (Å²) in [6.45, 7) is 0. The van der Waals surface area contributed by atoms with Crippen LogP contribution in [0.2, 0.25) is 0 Å². The van der Waals surface area contributed by atoms with Crippen molar-refractivity contribution < 1.29 is 4.42 Å². The normalized spacial score (nSPS) is 11.2. The van der Waals surface area contributed by atoms with Gasteiger partial charge in [-0.05, 0) is 88.0 Å². The molecule has 2 nitrogen and oxygen atoms in total. The number of nitrogens with zero attached hydrogens (tertiary/aromatic N) is 1. The molecule has 9 rings (SSSR count). The molecule has 236 valence electrons. The fraction of sp³-hybridized carbons (Fsp3) is 0. The summed E-state index contributed by atoms with van der Waals surface area (Å²) in [6, 6.07) is 71.2. The van der Waals surface area contributed by atoms with E-state index < -0.39 is 0 Å². The molecular weight excluding hydrogens is 607 g/mol. The minimum Gasteiger partial charge on any atom is -0.456 e. The van der Waals surface area contributed by atoms with Gasteiger partial charge in [0, 0.05) is 33.3 Å². The molecule has 0 amide bonds. The van der Waals surface area contributed by atoms with Crippen LogP contribution in [-0.4, -0.2) is 0 Å². The van der Waals surface area contributed by atoms with Gasteiger partial charge in [-0.1, -0.05) is 146 Å². The van der Waals surface area contributed by atoms with Crippen LogP contribution in [0, 0.1) is 0 Å². The van der Waals surface area contributed by atoms with Crippen molar-refractivity contribution in [2.45, 2.75) is 0 Å². The topological polar surface area (TPSA) is 16.4 Å². The number of anilines is 3. The van der Waals surface area contributed by atoms with Crippen molar-refractivity contribution in [2.24, 2.45) is 0 Å². The van der Waals surface area contributed by atoms with E-state index in [-0.39, 0.29) is 0 Å². The lowest BCUT2D eigenvalue weighted by Crippen LogP contribution is -2.13. The quantitative estimate of drug-likeness (QED) is 0.173. The standard InChI is InChI=1S/C48H33NO/c1-5-15-34(16-6-1)35-25-28-41(29-26-35)49(40-21-11-4-12-22-40)48-44(36-17-7-2-8-18-36)31-39(32-45(48)37-19-9-3-10-20-37)38-27-30-43-42-23-13-14-24-46(42)50-47(43)33-38/h1-33H. The maximum Gasteiger partial charge on any atom is 0.136 e. The number of hydrogen-bond acceptors (Lipinski definition) is 2. The highest BCUT2D eigenvalue weighted by Crippen LogP contribution is 2.49. The summed E-state index contributed by atoms with van der Waals surface area (Å²) in [6.07, 6.45) is 0. The van der Waals surface area contributed by atoms with Crippen LogP contribution in [0.25, 0.3) is 66.4 Å². The van der Waals surface area contributed by atoms with E-state index in [2.05, 4.69) is 193 Å². The second-order valence-corrected chi connectivity index (χ2v) is 12.5. The monoisotopic (exact) mass is 639 g/mol. The van der Waals surface area contributed by atoms with Gasteiger partial charge in [-0.25, -0.2) is 0 Å². The molecule has 0 spiro atoms. The molecular formula is C48H33NO. The third-order valence-electron chi connectivity index (χ3n) is 9.46.